The monoisotopic (exact) mass is 481 g/mol. The molecular formula is C23H21ClFN7O2. The smallest absolute Gasteiger partial charge is 0.253 e. The standard InChI is InChI=1S/C23H21ClFN7O2/c24-18-2-5-27-21-20(18)17(14-32(21)23-28-3-1-4-29-23)22(33)30-13-19(31-6-8-34-9-7-31)15-10-16(25)12-26-11-15/h1-5,10-12,14,19H,6-9,13H2,(H,30,33). The Morgan fingerprint density at radius 2 is 1.97 bits per heavy atom. The SMILES string of the molecule is O=C(NCC(c1cncc(F)c1)N1CCOCC1)c1cn(-c2ncccn2)c2nccc(Cl)c12. The number of pyridine rings is 2. The van der Waals surface area contributed by atoms with Crippen molar-refractivity contribution in [1.29, 1.82) is 0 Å². The van der Waals surface area contributed by atoms with Gasteiger partial charge in [-0.3, -0.25) is 19.2 Å². The van der Waals surface area contributed by atoms with Gasteiger partial charge in [-0.25, -0.2) is 19.3 Å². The Hall–Kier alpha value is -3.47. The van der Waals surface area contributed by atoms with Crippen molar-refractivity contribution in [1.82, 2.24) is 34.7 Å². The lowest BCUT2D eigenvalue weighted by atomic mass is 10.1. The third kappa shape index (κ3) is 4.47. The van der Waals surface area contributed by atoms with E-state index in [4.69, 9.17) is 16.3 Å². The van der Waals surface area contributed by atoms with Crippen LogP contribution in [0.3, 0.4) is 0 Å². The third-order valence-electron chi connectivity index (χ3n) is 5.70. The molecule has 5 heterocycles. The second-order valence-electron chi connectivity index (χ2n) is 7.76. The number of nitrogens with zero attached hydrogens (tertiary/aromatic N) is 6. The van der Waals surface area contributed by atoms with Gasteiger partial charge in [-0.05, 0) is 23.8 Å². The highest BCUT2D eigenvalue weighted by atomic mass is 35.5. The Morgan fingerprint density at radius 3 is 2.74 bits per heavy atom. The van der Waals surface area contributed by atoms with Crippen LogP contribution in [0, 0.1) is 5.82 Å². The van der Waals surface area contributed by atoms with Crippen molar-refractivity contribution < 1.29 is 13.9 Å². The number of nitrogens with one attached hydrogen (secondary N) is 1. The van der Waals surface area contributed by atoms with Crippen LogP contribution in [0.5, 0.6) is 0 Å². The summed E-state index contributed by atoms with van der Waals surface area (Å²) in [7, 11) is 0. The van der Waals surface area contributed by atoms with Gasteiger partial charge < -0.3 is 10.1 Å². The van der Waals surface area contributed by atoms with Gasteiger partial charge in [0.15, 0.2) is 0 Å². The maximum atomic E-state index is 13.9. The lowest BCUT2D eigenvalue weighted by Crippen LogP contribution is -2.43. The Balaban J connectivity index is 1.46. The molecular weight excluding hydrogens is 461 g/mol. The number of rotatable bonds is 6. The second kappa shape index (κ2) is 9.80. The molecule has 5 rings (SSSR count). The molecule has 4 aromatic rings. The molecule has 1 fully saturated rings. The first-order valence-electron chi connectivity index (χ1n) is 10.7. The average molecular weight is 482 g/mol. The maximum absolute atomic E-state index is 13.9. The van der Waals surface area contributed by atoms with Crippen LogP contribution in [-0.4, -0.2) is 68.2 Å². The van der Waals surface area contributed by atoms with Crippen molar-refractivity contribution in [3.8, 4) is 5.95 Å². The number of carbonyl (C=O) groups is 1. The molecule has 174 valence electrons. The van der Waals surface area contributed by atoms with E-state index in [2.05, 4.69) is 30.2 Å². The fraction of sp³-hybridized carbons (Fsp3) is 0.261. The molecule has 1 aliphatic rings. The minimum atomic E-state index is -0.425. The summed E-state index contributed by atoms with van der Waals surface area (Å²) in [5.41, 5.74) is 1.50. The van der Waals surface area contributed by atoms with Gasteiger partial charge in [0.05, 0.1) is 41.4 Å². The normalized spacial score (nSPS) is 15.4. The Bertz CT molecular complexity index is 1310. The molecule has 0 bridgehead atoms. The molecule has 4 aromatic heterocycles. The minimum absolute atomic E-state index is 0.246. The molecule has 0 spiro atoms. The van der Waals surface area contributed by atoms with Gasteiger partial charge in [0.1, 0.15) is 11.5 Å². The van der Waals surface area contributed by atoms with Crippen LogP contribution in [0.15, 0.2) is 55.4 Å². The van der Waals surface area contributed by atoms with E-state index in [0.29, 0.717) is 59.4 Å². The number of amides is 1. The van der Waals surface area contributed by atoms with Gasteiger partial charge in [-0.2, -0.15) is 0 Å². The van der Waals surface area contributed by atoms with Crippen LogP contribution in [0.25, 0.3) is 17.0 Å². The first kappa shape index (κ1) is 22.3. The van der Waals surface area contributed by atoms with E-state index < -0.39 is 5.82 Å². The zero-order valence-electron chi connectivity index (χ0n) is 18.1. The van der Waals surface area contributed by atoms with E-state index in [1.165, 1.54) is 6.07 Å². The van der Waals surface area contributed by atoms with Crippen molar-refractivity contribution in [2.45, 2.75) is 6.04 Å². The molecule has 11 heteroatoms. The van der Waals surface area contributed by atoms with Crippen molar-refractivity contribution in [3.63, 3.8) is 0 Å². The van der Waals surface area contributed by atoms with E-state index in [1.807, 2.05) is 0 Å². The van der Waals surface area contributed by atoms with Crippen LogP contribution in [0.1, 0.15) is 22.0 Å². The predicted molar refractivity (Wildman–Crippen MR) is 123 cm³/mol. The molecule has 1 unspecified atom stereocenters. The highest BCUT2D eigenvalue weighted by Crippen LogP contribution is 2.29. The molecule has 1 N–H and O–H groups in total. The highest BCUT2D eigenvalue weighted by molar-refractivity contribution is 6.36. The van der Waals surface area contributed by atoms with Crippen LogP contribution in [-0.2, 0) is 4.74 Å². The molecule has 0 aliphatic carbocycles. The fourth-order valence-corrected chi connectivity index (χ4v) is 4.34. The van der Waals surface area contributed by atoms with Crippen molar-refractivity contribution in [2.75, 3.05) is 32.8 Å². The number of fused-ring (bicyclic) bond motifs is 1. The lowest BCUT2D eigenvalue weighted by molar-refractivity contribution is 0.0161. The summed E-state index contributed by atoms with van der Waals surface area (Å²) >= 11 is 6.46. The molecule has 0 radical (unpaired) electrons. The largest absolute Gasteiger partial charge is 0.379 e. The molecule has 1 saturated heterocycles. The Morgan fingerprint density at radius 1 is 1.18 bits per heavy atom. The van der Waals surface area contributed by atoms with E-state index >= 15 is 0 Å². The number of hydrogen-bond donors (Lipinski definition) is 1. The summed E-state index contributed by atoms with van der Waals surface area (Å²) in [6.07, 6.45) is 9.19. The first-order chi connectivity index (χ1) is 16.6. The quantitative estimate of drug-likeness (QED) is 0.452. The number of ether oxygens (including phenoxy) is 1. The molecule has 1 atom stereocenters. The van der Waals surface area contributed by atoms with Gasteiger partial charge in [-0.15, -0.1) is 0 Å². The number of carbonyl (C=O) groups excluding carboxylic acids is 1. The minimum Gasteiger partial charge on any atom is -0.379 e. The number of aromatic nitrogens is 5. The van der Waals surface area contributed by atoms with Crippen molar-refractivity contribution in [2.24, 2.45) is 0 Å². The van der Waals surface area contributed by atoms with Crippen LogP contribution >= 0.6 is 11.6 Å². The molecule has 0 aromatic carbocycles. The first-order valence-corrected chi connectivity index (χ1v) is 11.1. The Labute approximate surface area is 199 Å². The van der Waals surface area contributed by atoms with Gasteiger partial charge in [0, 0.05) is 50.6 Å². The van der Waals surface area contributed by atoms with Gasteiger partial charge in [0.2, 0.25) is 5.95 Å². The maximum Gasteiger partial charge on any atom is 0.253 e. The van der Waals surface area contributed by atoms with Crippen molar-refractivity contribution in [3.05, 3.63) is 77.3 Å². The summed E-state index contributed by atoms with van der Waals surface area (Å²) in [6.45, 7) is 2.71. The van der Waals surface area contributed by atoms with Gasteiger partial charge in [0.25, 0.3) is 5.91 Å². The zero-order valence-corrected chi connectivity index (χ0v) is 18.8. The lowest BCUT2D eigenvalue weighted by Gasteiger charge is -2.34. The van der Waals surface area contributed by atoms with E-state index in [1.54, 1.807) is 47.7 Å². The predicted octanol–water partition coefficient (Wildman–Crippen LogP) is 2.81. The van der Waals surface area contributed by atoms with E-state index in [-0.39, 0.29) is 18.5 Å². The Kier molecular flexibility index (Phi) is 6.43. The average Bonchev–Trinajstić information content (AvgIpc) is 3.27. The summed E-state index contributed by atoms with van der Waals surface area (Å²) in [5, 5.41) is 3.88. The topological polar surface area (TPSA) is 98.1 Å². The number of hydrogen-bond acceptors (Lipinski definition) is 7. The number of morpholine rings is 1. The van der Waals surface area contributed by atoms with Gasteiger partial charge >= 0.3 is 0 Å². The summed E-state index contributed by atoms with van der Waals surface area (Å²) in [4.78, 5) is 32.4. The summed E-state index contributed by atoms with van der Waals surface area (Å²) < 4.78 is 21.0. The van der Waals surface area contributed by atoms with E-state index in [9.17, 15) is 9.18 Å². The van der Waals surface area contributed by atoms with Crippen LogP contribution < -0.4 is 5.32 Å². The molecule has 1 aliphatic heterocycles. The fourth-order valence-electron chi connectivity index (χ4n) is 4.10. The third-order valence-corrected chi connectivity index (χ3v) is 6.02. The number of halogens is 2. The molecule has 1 amide bonds. The molecule has 34 heavy (non-hydrogen) atoms. The molecule has 9 nitrogen and oxygen atoms in total. The summed E-state index contributed by atoms with van der Waals surface area (Å²) in [5.74, 6) is -0.388. The molecule has 0 saturated carbocycles. The van der Waals surface area contributed by atoms with Crippen LogP contribution in [0.2, 0.25) is 5.02 Å². The van der Waals surface area contributed by atoms with Gasteiger partial charge in [-0.1, -0.05) is 11.6 Å². The summed E-state index contributed by atoms with van der Waals surface area (Å²) in [6, 6.07) is 4.51. The van der Waals surface area contributed by atoms with Crippen molar-refractivity contribution >= 4 is 28.5 Å². The zero-order chi connectivity index (χ0) is 23.5. The van der Waals surface area contributed by atoms with E-state index in [0.717, 1.165) is 6.20 Å². The highest BCUT2D eigenvalue weighted by Gasteiger charge is 2.26. The second-order valence-corrected chi connectivity index (χ2v) is 8.17. The van der Waals surface area contributed by atoms with Crippen LogP contribution in [0.4, 0.5) is 4.39 Å².